The summed E-state index contributed by atoms with van der Waals surface area (Å²) < 4.78 is 2.19. The van der Waals surface area contributed by atoms with E-state index in [1.54, 1.807) is 12.4 Å². The van der Waals surface area contributed by atoms with Gasteiger partial charge in [0.15, 0.2) is 0 Å². The van der Waals surface area contributed by atoms with E-state index < -0.39 is 0 Å². The van der Waals surface area contributed by atoms with Gasteiger partial charge in [-0.25, -0.2) is 4.98 Å². The third-order valence-electron chi connectivity index (χ3n) is 9.69. The molecule has 0 amide bonds. The SMILES string of the molecule is CC(C)(C)c1ccc(-n2c(-c3[c-]c(-c4cc(C(C)(C)C)cc5cccnc45)ccc3)nc3c(-c4cc(-c5ccccn5)cnc4O)cccc32)cc1.[Pt]. The van der Waals surface area contributed by atoms with Crippen LogP contribution >= 0.6 is 0 Å². The van der Waals surface area contributed by atoms with Gasteiger partial charge in [0.25, 0.3) is 0 Å². The molecule has 8 aromatic rings. The minimum absolute atomic E-state index is 0. The van der Waals surface area contributed by atoms with Gasteiger partial charge in [-0.15, -0.1) is 29.8 Å². The van der Waals surface area contributed by atoms with Crippen LogP contribution in [-0.2, 0) is 31.9 Å². The molecule has 8 rings (SSSR count). The second kappa shape index (κ2) is 13.8. The molecular weight excluding hydrogens is 834 g/mol. The van der Waals surface area contributed by atoms with Gasteiger partial charge in [0.1, 0.15) is 0 Å². The standard InChI is InChI=1S/C46H40N5O.Pt/c1-45(2,3)33-18-20-35(21-19-33)51-40-17-10-15-36(38-26-32(28-49-44(38)52)39-16-7-8-22-47-39)42(40)50-43(51)31-13-9-12-29(24-31)37-27-34(46(4,5)6)25-30-14-11-23-48-41(30)37;/h7-23,25-28H,1-6H3,(H,49,52);/q-1;. The smallest absolute Gasteiger partial charge is 0.218 e. The van der Waals surface area contributed by atoms with Gasteiger partial charge in [-0.05, 0) is 69.8 Å². The van der Waals surface area contributed by atoms with E-state index in [-0.39, 0.29) is 37.8 Å². The molecule has 0 atom stereocenters. The van der Waals surface area contributed by atoms with Crippen LogP contribution in [0.3, 0.4) is 0 Å². The third-order valence-corrected chi connectivity index (χ3v) is 9.69. The van der Waals surface area contributed by atoms with Crippen LogP contribution in [0.1, 0.15) is 52.7 Å². The molecular formula is C46H40N5OPt-. The van der Waals surface area contributed by atoms with Crippen molar-refractivity contribution in [2.75, 3.05) is 0 Å². The first kappa shape index (κ1) is 35.9. The van der Waals surface area contributed by atoms with Gasteiger partial charge in [-0.2, -0.15) is 0 Å². The third kappa shape index (κ3) is 6.80. The zero-order chi connectivity index (χ0) is 36.2. The number of para-hydroxylation sites is 1. The Morgan fingerprint density at radius 3 is 2.08 bits per heavy atom. The molecule has 7 heteroatoms. The van der Waals surface area contributed by atoms with Crippen molar-refractivity contribution >= 4 is 21.9 Å². The molecule has 0 spiro atoms. The molecule has 0 saturated heterocycles. The Morgan fingerprint density at radius 1 is 0.604 bits per heavy atom. The Hall–Kier alpha value is -5.45. The number of rotatable bonds is 5. The summed E-state index contributed by atoms with van der Waals surface area (Å²) in [6.45, 7) is 13.4. The molecule has 0 radical (unpaired) electrons. The van der Waals surface area contributed by atoms with Gasteiger partial charge in [-0.1, -0.05) is 101 Å². The van der Waals surface area contributed by atoms with Crippen molar-refractivity contribution in [1.29, 1.82) is 0 Å². The van der Waals surface area contributed by atoms with Crippen LogP contribution < -0.4 is 0 Å². The van der Waals surface area contributed by atoms with Crippen LogP contribution in [0.25, 0.3) is 72.5 Å². The number of imidazole rings is 1. The van der Waals surface area contributed by atoms with Gasteiger partial charge < -0.3 is 9.67 Å². The van der Waals surface area contributed by atoms with Crippen molar-refractivity contribution in [3.8, 4) is 56.5 Å². The van der Waals surface area contributed by atoms with E-state index in [2.05, 4.69) is 129 Å². The van der Waals surface area contributed by atoms with Gasteiger partial charge in [0.05, 0.1) is 22.6 Å². The predicted octanol–water partition coefficient (Wildman–Crippen LogP) is 11.1. The van der Waals surface area contributed by atoms with Crippen LogP contribution in [0.15, 0.2) is 128 Å². The van der Waals surface area contributed by atoms with E-state index in [4.69, 9.17) is 9.97 Å². The molecule has 0 aliphatic carbocycles. The van der Waals surface area contributed by atoms with E-state index in [1.165, 1.54) is 11.1 Å². The molecule has 53 heavy (non-hydrogen) atoms. The number of hydrogen-bond donors (Lipinski definition) is 1. The molecule has 0 unspecified atom stereocenters. The maximum atomic E-state index is 11.2. The summed E-state index contributed by atoms with van der Waals surface area (Å²) in [6.07, 6.45) is 5.25. The Labute approximate surface area is 324 Å². The van der Waals surface area contributed by atoms with Crippen LogP contribution in [0, 0.1) is 6.07 Å². The van der Waals surface area contributed by atoms with Crippen LogP contribution in [0.4, 0.5) is 0 Å². The summed E-state index contributed by atoms with van der Waals surface area (Å²) in [5, 5.41) is 12.3. The van der Waals surface area contributed by atoms with E-state index >= 15 is 0 Å². The first-order chi connectivity index (χ1) is 25.0. The zero-order valence-corrected chi connectivity index (χ0v) is 32.9. The topological polar surface area (TPSA) is 76.7 Å². The summed E-state index contributed by atoms with van der Waals surface area (Å²) >= 11 is 0. The van der Waals surface area contributed by atoms with Crippen molar-refractivity contribution in [3.63, 3.8) is 0 Å². The average Bonchev–Trinajstić information content (AvgIpc) is 3.54. The van der Waals surface area contributed by atoms with Gasteiger partial charge in [-0.3, -0.25) is 15.0 Å². The Bertz CT molecular complexity index is 2600. The molecule has 4 aromatic heterocycles. The normalized spacial score (nSPS) is 11.9. The summed E-state index contributed by atoms with van der Waals surface area (Å²) in [5.74, 6) is 0.676. The Morgan fingerprint density at radius 2 is 1.34 bits per heavy atom. The van der Waals surface area contributed by atoms with Crippen LogP contribution in [0.2, 0.25) is 0 Å². The summed E-state index contributed by atoms with van der Waals surface area (Å²) in [4.78, 5) is 19.1. The van der Waals surface area contributed by atoms with Crippen molar-refractivity contribution in [3.05, 3.63) is 145 Å². The molecule has 4 aromatic carbocycles. The van der Waals surface area contributed by atoms with E-state index in [0.717, 1.165) is 67.0 Å². The van der Waals surface area contributed by atoms with Crippen molar-refractivity contribution in [2.24, 2.45) is 0 Å². The quantitative estimate of drug-likeness (QED) is 0.174. The summed E-state index contributed by atoms with van der Waals surface area (Å²) in [6, 6.07) is 41.1. The Kier molecular flexibility index (Phi) is 9.38. The molecule has 266 valence electrons. The molecule has 0 bridgehead atoms. The van der Waals surface area contributed by atoms with Crippen LogP contribution in [-0.4, -0.2) is 29.6 Å². The largest absolute Gasteiger partial charge is 0.493 e. The zero-order valence-electron chi connectivity index (χ0n) is 30.6. The van der Waals surface area contributed by atoms with Gasteiger partial charge in [0, 0.05) is 67.6 Å². The second-order valence-corrected chi connectivity index (χ2v) is 15.4. The first-order valence-electron chi connectivity index (χ1n) is 17.6. The average molecular weight is 874 g/mol. The van der Waals surface area contributed by atoms with E-state index in [0.29, 0.717) is 5.56 Å². The number of aromatic hydroxyl groups is 1. The number of benzene rings is 4. The fraction of sp³-hybridized carbons (Fsp3) is 0.174. The fourth-order valence-corrected chi connectivity index (χ4v) is 6.79. The number of aromatic nitrogens is 5. The predicted molar refractivity (Wildman–Crippen MR) is 212 cm³/mol. The number of nitrogens with zero attached hydrogens (tertiary/aromatic N) is 5. The molecule has 4 heterocycles. The molecule has 6 nitrogen and oxygen atoms in total. The van der Waals surface area contributed by atoms with Gasteiger partial charge >= 0.3 is 0 Å². The molecule has 1 N–H and O–H groups in total. The molecule has 0 fully saturated rings. The summed E-state index contributed by atoms with van der Waals surface area (Å²) in [7, 11) is 0. The van der Waals surface area contributed by atoms with Crippen LogP contribution in [0.5, 0.6) is 5.88 Å². The fourth-order valence-electron chi connectivity index (χ4n) is 6.79. The maximum absolute atomic E-state index is 11.2. The van der Waals surface area contributed by atoms with Crippen molar-refractivity contribution in [2.45, 2.75) is 52.4 Å². The van der Waals surface area contributed by atoms with Gasteiger partial charge in [0.2, 0.25) is 5.88 Å². The molecule has 0 aliphatic rings. The van der Waals surface area contributed by atoms with Crippen molar-refractivity contribution in [1.82, 2.24) is 24.5 Å². The number of pyridine rings is 3. The van der Waals surface area contributed by atoms with E-state index in [1.807, 2.05) is 48.7 Å². The number of hydrogen-bond acceptors (Lipinski definition) is 5. The summed E-state index contributed by atoms with van der Waals surface area (Å²) in [5.41, 5.74) is 11.8. The monoisotopic (exact) mass is 873 g/mol. The first-order valence-corrected chi connectivity index (χ1v) is 17.6. The van der Waals surface area contributed by atoms with E-state index in [9.17, 15) is 5.11 Å². The molecule has 0 saturated carbocycles. The Balaban J connectivity index is 0.00000435. The number of fused-ring (bicyclic) bond motifs is 2. The second-order valence-electron chi connectivity index (χ2n) is 15.4. The maximum Gasteiger partial charge on any atom is 0.218 e. The minimum Gasteiger partial charge on any atom is -0.493 e. The molecule has 0 aliphatic heterocycles. The van der Waals surface area contributed by atoms with Crippen molar-refractivity contribution < 1.29 is 26.2 Å². The minimum atomic E-state index is -0.0653.